The number of fused-ring (bicyclic) bond motifs is 1. The summed E-state index contributed by atoms with van der Waals surface area (Å²) in [6.45, 7) is 2.72. The Labute approximate surface area is 144 Å². The topological polar surface area (TPSA) is 20.3 Å². The van der Waals surface area contributed by atoms with E-state index in [1.165, 1.54) is 12.1 Å². The van der Waals surface area contributed by atoms with E-state index in [0.29, 0.717) is 18.7 Å². The molecule has 3 rings (SSSR count). The molecule has 0 bridgehead atoms. The molecule has 0 fully saturated rings. The lowest BCUT2D eigenvalue weighted by molar-refractivity contribution is -0.137. The molecule has 0 N–H and O–H groups in total. The number of benzene rings is 2. The minimum absolute atomic E-state index is 0.201. The quantitative estimate of drug-likeness (QED) is 0.708. The summed E-state index contributed by atoms with van der Waals surface area (Å²) in [4.78, 5) is 13.6. The average Bonchev–Trinajstić information content (AvgIpc) is 2.60. The molecule has 0 unspecified atom stereocenters. The molecule has 1 aliphatic heterocycles. The molecule has 2 aromatic carbocycles. The predicted molar refractivity (Wildman–Crippen MR) is 89.5 cm³/mol. The summed E-state index contributed by atoms with van der Waals surface area (Å²) in [6, 6.07) is 10.9. The molecule has 0 saturated heterocycles. The molecule has 1 heterocycles. The first kappa shape index (κ1) is 17.1. The Kier molecular flexibility index (Phi) is 4.54. The summed E-state index contributed by atoms with van der Waals surface area (Å²) in [5.74, 6) is 4.95. The van der Waals surface area contributed by atoms with Crippen molar-refractivity contribution >= 4 is 5.91 Å². The number of carbonyl (C=O) groups is 1. The lowest BCUT2D eigenvalue weighted by Gasteiger charge is -2.27. The van der Waals surface area contributed by atoms with Crippen LogP contribution in [0.5, 0.6) is 0 Å². The van der Waals surface area contributed by atoms with Gasteiger partial charge in [-0.2, -0.15) is 13.2 Å². The Morgan fingerprint density at radius 2 is 1.72 bits per heavy atom. The van der Waals surface area contributed by atoms with Crippen molar-refractivity contribution in [2.75, 3.05) is 6.54 Å². The van der Waals surface area contributed by atoms with E-state index in [0.717, 1.165) is 35.2 Å². The van der Waals surface area contributed by atoms with Gasteiger partial charge in [0.25, 0.3) is 5.91 Å². The van der Waals surface area contributed by atoms with Crippen molar-refractivity contribution in [1.29, 1.82) is 0 Å². The second kappa shape index (κ2) is 6.64. The minimum atomic E-state index is -4.34. The fraction of sp³-hybridized carbons (Fsp3) is 0.250. The standard InChI is InChI=1S/C20H16F3NO/c1-2-3-19(25)24-11-10-15-4-5-16(12-17(15)13-24)14-6-8-18(9-7-14)20(21,22)23/h4-9,12H,10-11,13H2,1H3. The number of rotatable bonds is 1. The van der Waals surface area contributed by atoms with E-state index in [9.17, 15) is 18.0 Å². The summed E-state index contributed by atoms with van der Waals surface area (Å²) < 4.78 is 38.0. The van der Waals surface area contributed by atoms with E-state index in [2.05, 4.69) is 11.8 Å². The molecule has 0 aromatic heterocycles. The molecule has 0 radical (unpaired) electrons. The maximum Gasteiger partial charge on any atom is 0.416 e. The number of amides is 1. The van der Waals surface area contributed by atoms with Gasteiger partial charge >= 0.3 is 6.18 Å². The number of carbonyl (C=O) groups excluding carboxylic acids is 1. The maximum atomic E-state index is 12.7. The van der Waals surface area contributed by atoms with Gasteiger partial charge < -0.3 is 4.90 Å². The second-order valence-electron chi connectivity index (χ2n) is 5.91. The summed E-state index contributed by atoms with van der Waals surface area (Å²) in [5, 5.41) is 0. The van der Waals surface area contributed by atoms with Gasteiger partial charge in [-0.15, -0.1) is 0 Å². The third-order valence-electron chi connectivity index (χ3n) is 4.28. The summed E-state index contributed by atoms with van der Waals surface area (Å²) in [5.41, 5.74) is 3.05. The van der Waals surface area contributed by atoms with Crippen LogP contribution in [0.15, 0.2) is 42.5 Å². The molecule has 128 valence electrons. The van der Waals surface area contributed by atoms with E-state index >= 15 is 0 Å². The van der Waals surface area contributed by atoms with Gasteiger partial charge in [-0.1, -0.05) is 30.2 Å². The monoisotopic (exact) mass is 343 g/mol. The van der Waals surface area contributed by atoms with Crippen LogP contribution in [-0.4, -0.2) is 17.4 Å². The zero-order chi connectivity index (χ0) is 18.0. The van der Waals surface area contributed by atoms with Crippen LogP contribution in [0.2, 0.25) is 0 Å². The van der Waals surface area contributed by atoms with Crippen molar-refractivity contribution in [1.82, 2.24) is 4.90 Å². The van der Waals surface area contributed by atoms with Crippen molar-refractivity contribution in [3.8, 4) is 23.0 Å². The molecule has 1 amide bonds. The van der Waals surface area contributed by atoms with Crippen LogP contribution in [0.4, 0.5) is 13.2 Å². The first-order valence-corrected chi connectivity index (χ1v) is 7.89. The predicted octanol–water partition coefficient (Wildman–Crippen LogP) is 4.28. The average molecular weight is 343 g/mol. The lowest BCUT2D eigenvalue weighted by Crippen LogP contribution is -2.35. The van der Waals surface area contributed by atoms with Crippen molar-refractivity contribution in [2.24, 2.45) is 0 Å². The van der Waals surface area contributed by atoms with Crippen LogP contribution in [0.25, 0.3) is 11.1 Å². The Morgan fingerprint density at radius 3 is 2.36 bits per heavy atom. The van der Waals surface area contributed by atoms with Gasteiger partial charge in [-0.05, 0) is 59.7 Å². The second-order valence-corrected chi connectivity index (χ2v) is 5.91. The molecule has 25 heavy (non-hydrogen) atoms. The Morgan fingerprint density at radius 1 is 1.04 bits per heavy atom. The summed E-state index contributed by atoms with van der Waals surface area (Å²) in [6.07, 6.45) is -3.59. The van der Waals surface area contributed by atoms with Crippen molar-refractivity contribution in [2.45, 2.75) is 26.1 Å². The van der Waals surface area contributed by atoms with Gasteiger partial charge in [0.1, 0.15) is 0 Å². The van der Waals surface area contributed by atoms with Gasteiger partial charge in [-0.3, -0.25) is 4.79 Å². The van der Waals surface area contributed by atoms with Gasteiger partial charge in [0, 0.05) is 13.1 Å². The lowest BCUT2D eigenvalue weighted by atomic mass is 9.94. The van der Waals surface area contributed by atoms with E-state index in [4.69, 9.17) is 0 Å². The van der Waals surface area contributed by atoms with Gasteiger partial charge in [0.05, 0.1) is 5.56 Å². The zero-order valence-electron chi connectivity index (χ0n) is 13.7. The number of halogens is 3. The SMILES string of the molecule is CC#CC(=O)N1CCc2ccc(-c3ccc(C(F)(F)F)cc3)cc2C1. The van der Waals surface area contributed by atoms with E-state index in [1.807, 2.05) is 18.2 Å². The molecule has 1 aliphatic rings. The molecular weight excluding hydrogens is 327 g/mol. The Hall–Kier alpha value is -2.74. The van der Waals surface area contributed by atoms with Crippen molar-refractivity contribution in [3.05, 3.63) is 59.2 Å². The Bertz CT molecular complexity index is 857. The van der Waals surface area contributed by atoms with Crippen LogP contribution in [0.3, 0.4) is 0 Å². The van der Waals surface area contributed by atoms with E-state index in [-0.39, 0.29) is 5.91 Å². The first-order valence-electron chi connectivity index (χ1n) is 7.89. The third kappa shape index (κ3) is 3.69. The first-order chi connectivity index (χ1) is 11.9. The zero-order valence-corrected chi connectivity index (χ0v) is 13.7. The molecule has 5 heteroatoms. The molecule has 2 nitrogen and oxygen atoms in total. The van der Waals surface area contributed by atoms with Crippen LogP contribution in [0, 0.1) is 11.8 Å². The van der Waals surface area contributed by atoms with E-state index in [1.54, 1.807) is 11.8 Å². The highest BCUT2D eigenvalue weighted by Crippen LogP contribution is 2.32. The smallest absolute Gasteiger partial charge is 0.327 e. The van der Waals surface area contributed by atoms with Crippen LogP contribution >= 0.6 is 0 Å². The molecular formula is C20H16F3NO. The van der Waals surface area contributed by atoms with Crippen molar-refractivity contribution < 1.29 is 18.0 Å². The van der Waals surface area contributed by atoms with Crippen molar-refractivity contribution in [3.63, 3.8) is 0 Å². The van der Waals surface area contributed by atoms with Gasteiger partial charge in [0.15, 0.2) is 0 Å². The number of hydrogen-bond acceptors (Lipinski definition) is 1. The molecule has 0 saturated carbocycles. The van der Waals surface area contributed by atoms with Crippen LogP contribution in [-0.2, 0) is 23.9 Å². The number of hydrogen-bond donors (Lipinski definition) is 0. The molecule has 0 atom stereocenters. The normalized spacial score (nSPS) is 13.7. The fourth-order valence-corrected chi connectivity index (χ4v) is 2.95. The molecule has 2 aromatic rings. The van der Waals surface area contributed by atoms with Gasteiger partial charge in [0.2, 0.25) is 0 Å². The number of alkyl halides is 3. The highest BCUT2D eigenvalue weighted by atomic mass is 19.4. The van der Waals surface area contributed by atoms with E-state index < -0.39 is 11.7 Å². The fourth-order valence-electron chi connectivity index (χ4n) is 2.95. The summed E-state index contributed by atoms with van der Waals surface area (Å²) in [7, 11) is 0. The van der Waals surface area contributed by atoms with Gasteiger partial charge in [-0.25, -0.2) is 0 Å². The molecule has 0 aliphatic carbocycles. The minimum Gasteiger partial charge on any atom is -0.327 e. The highest BCUT2D eigenvalue weighted by molar-refractivity contribution is 5.93. The largest absolute Gasteiger partial charge is 0.416 e. The highest BCUT2D eigenvalue weighted by Gasteiger charge is 2.30. The van der Waals surface area contributed by atoms with Crippen LogP contribution in [0.1, 0.15) is 23.6 Å². The van der Waals surface area contributed by atoms with Crippen LogP contribution < -0.4 is 0 Å². The third-order valence-corrected chi connectivity index (χ3v) is 4.28. The maximum absolute atomic E-state index is 12.7. The summed E-state index contributed by atoms with van der Waals surface area (Å²) >= 11 is 0. The number of nitrogens with zero attached hydrogens (tertiary/aromatic N) is 1. The Balaban J connectivity index is 1.87. The molecule has 0 spiro atoms.